The van der Waals surface area contributed by atoms with Crippen LogP contribution in [0, 0.1) is 0 Å². The third-order valence-corrected chi connectivity index (χ3v) is 2.68. The number of hydrogen-bond donors (Lipinski definition) is 2. The summed E-state index contributed by atoms with van der Waals surface area (Å²) >= 11 is 0. The number of H-pyrrole nitrogens is 1. The molecule has 0 aliphatic carbocycles. The van der Waals surface area contributed by atoms with Crippen LogP contribution in [-0.2, 0) is 10.3 Å². The number of nitrogens with one attached hydrogen (secondary N) is 1. The van der Waals surface area contributed by atoms with Crippen LogP contribution in [0.25, 0.3) is 0 Å². The van der Waals surface area contributed by atoms with E-state index in [0.717, 1.165) is 0 Å². The molecule has 0 atom stereocenters. The van der Waals surface area contributed by atoms with Crippen molar-refractivity contribution in [3.05, 3.63) is 22.9 Å². The summed E-state index contributed by atoms with van der Waals surface area (Å²) in [6, 6.07) is 0. The number of nitrogens with zero attached hydrogens (tertiary/aromatic N) is 1. The Morgan fingerprint density at radius 1 is 1.57 bits per heavy atom. The van der Waals surface area contributed by atoms with Crippen molar-refractivity contribution in [2.24, 2.45) is 0 Å². The fourth-order valence-electron chi connectivity index (χ4n) is 1.65. The standard InChI is InChI=1S/C9H14N2O3/c1-3-9(4-2,7(12)13)11-6-5-10-8(11)14/h5-6H,3-4H2,1-2H3,(H,10,14)(H,12,13). The van der Waals surface area contributed by atoms with Gasteiger partial charge in [-0.15, -0.1) is 0 Å². The lowest BCUT2D eigenvalue weighted by Gasteiger charge is -2.27. The zero-order valence-corrected chi connectivity index (χ0v) is 8.28. The van der Waals surface area contributed by atoms with Crippen molar-refractivity contribution in [3.63, 3.8) is 0 Å². The average Bonchev–Trinajstić information content (AvgIpc) is 2.55. The molecule has 78 valence electrons. The van der Waals surface area contributed by atoms with Crippen molar-refractivity contribution < 1.29 is 9.90 Å². The van der Waals surface area contributed by atoms with E-state index in [4.69, 9.17) is 5.11 Å². The number of carboxylic acids is 1. The lowest BCUT2D eigenvalue weighted by molar-refractivity contribution is -0.148. The summed E-state index contributed by atoms with van der Waals surface area (Å²) in [5.41, 5.74) is -1.49. The predicted octanol–water partition coefficient (Wildman–Crippen LogP) is 0.776. The highest BCUT2D eigenvalue weighted by Crippen LogP contribution is 2.23. The van der Waals surface area contributed by atoms with Gasteiger partial charge >= 0.3 is 11.7 Å². The molecule has 0 unspecified atom stereocenters. The highest BCUT2D eigenvalue weighted by atomic mass is 16.4. The van der Waals surface area contributed by atoms with Gasteiger partial charge in [0.2, 0.25) is 0 Å². The first-order valence-electron chi connectivity index (χ1n) is 4.58. The molecule has 0 bridgehead atoms. The highest BCUT2D eigenvalue weighted by Gasteiger charge is 2.37. The van der Waals surface area contributed by atoms with Crippen LogP contribution in [0.2, 0.25) is 0 Å². The second-order valence-electron chi connectivity index (χ2n) is 3.18. The van der Waals surface area contributed by atoms with Crippen molar-refractivity contribution in [2.45, 2.75) is 32.2 Å². The number of aromatic amines is 1. The van der Waals surface area contributed by atoms with E-state index in [2.05, 4.69) is 4.98 Å². The summed E-state index contributed by atoms with van der Waals surface area (Å²) in [6.07, 6.45) is 3.70. The topological polar surface area (TPSA) is 75.1 Å². The van der Waals surface area contributed by atoms with Crippen molar-refractivity contribution in [1.29, 1.82) is 0 Å². The molecule has 0 saturated carbocycles. The summed E-state index contributed by atoms with van der Waals surface area (Å²) in [7, 11) is 0. The fraction of sp³-hybridized carbons (Fsp3) is 0.556. The Kier molecular flexibility index (Phi) is 2.78. The van der Waals surface area contributed by atoms with Crippen LogP contribution in [-0.4, -0.2) is 20.6 Å². The van der Waals surface area contributed by atoms with Gasteiger partial charge in [0, 0.05) is 12.4 Å². The Morgan fingerprint density at radius 2 is 2.14 bits per heavy atom. The van der Waals surface area contributed by atoms with Gasteiger partial charge in [0.05, 0.1) is 0 Å². The van der Waals surface area contributed by atoms with Gasteiger partial charge in [0.1, 0.15) is 5.54 Å². The molecule has 2 N–H and O–H groups in total. The van der Waals surface area contributed by atoms with Gasteiger partial charge in [-0.3, -0.25) is 4.57 Å². The first kappa shape index (κ1) is 10.6. The SMILES string of the molecule is CCC(CC)(C(=O)O)n1cc[nH]c1=O. The van der Waals surface area contributed by atoms with Crippen LogP contribution in [0.4, 0.5) is 0 Å². The fourth-order valence-corrected chi connectivity index (χ4v) is 1.65. The van der Waals surface area contributed by atoms with Crippen LogP contribution in [0.5, 0.6) is 0 Å². The predicted molar refractivity (Wildman–Crippen MR) is 51.2 cm³/mol. The average molecular weight is 198 g/mol. The van der Waals surface area contributed by atoms with E-state index >= 15 is 0 Å². The Bertz CT molecular complexity index is 373. The van der Waals surface area contributed by atoms with E-state index in [0.29, 0.717) is 12.8 Å². The molecule has 0 fully saturated rings. The Labute approximate surface area is 81.4 Å². The second-order valence-corrected chi connectivity index (χ2v) is 3.18. The molecule has 14 heavy (non-hydrogen) atoms. The van der Waals surface area contributed by atoms with Gasteiger partial charge in [-0.25, -0.2) is 9.59 Å². The van der Waals surface area contributed by atoms with E-state index in [1.165, 1.54) is 17.0 Å². The number of aliphatic carboxylic acids is 1. The molecular formula is C9H14N2O3. The Hall–Kier alpha value is -1.52. The molecule has 0 aliphatic rings. The molecule has 5 nitrogen and oxygen atoms in total. The molecular weight excluding hydrogens is 184 g/mol. The molecule has 5 heteroatoms. The van der Waals surface area contributed by atoms with Crippen LogP contribution < -0.4 is 5.69 Å². The second kappa shape index (κ2) is 3.69. The summed E-state index contributed by atoms with van der Waals surface area (Å²) < 4.78 is 1.25. The lowest BCUT2D eigenvalue weighted by atomic mass is 9.93. The quantitative estimate of drug-likeness (QED) is 0.750. The smallest absolute Gasteiger partial charge is 0.330 e. The number of carbonyl (C=O) groups is 1. The van der Waals surface area contributed by atoms with E-state index in [-0.39, 0.29) is 5.69 Å². The third kappa shape index (κ3) is 1.34. The third-order valence-electron chi connectivity index (χ3n) is 2.68. The molecule has 0 aromatic carbocycles. The van der Waals surface area contributed by atoms with Crippen LogP contribution in [0.1, 0.15) is 26.7 Å². The highest BCUT2D eigenvalue weighted by molar-refractivity contribution is 5.76. The van der Waals surface area contributed by atoms with Crippen LogP contribution in [0.3, 0.4) is 0 Å². The van der Waals surface area contributed by atoms with E-state index in [1.54, 1.807) is 13.8 Å². The van der Waals surface area contributed by atoms with Crippen molar-refractivity contribution in [1.82, 2.24) is 9.55 Å². The minimum Gasteiger partial charge on any atom is -0.479 e. The van der Waals surface area contributed by atoms with E-state index in [9.17, 15) is 9.59 Å². The first-order valence-corrected chi connectivity index (χ1v) is 4.58. The van der Waals surface area contributed by atoms with Gasteiger partial charge in [0.25, 0.3) is 0 Å². The number of aromatic nitrogens is 2. The van der Waals surface area contributed by atoms with Crippen molar-refractivity contribution in [3.8, 4) is 0 Å². The molecule has 1 rings (SSSR count). The number of rotatable bonds is 4. The van der Waals surface area contributed by atoms with E-state index in [1.807, 2.05) is 0 Å². The van der Waals surface area contributed by atoms with Gasteiger partial charge in [0.15, 0.2) is 0 Å². The van der Waals surface area contributed by atoms with Crippen molar-refractivity contribution in [2.75, 3.05) is 0 Å². The molecule has 0 aliphatic heterocycles. The molecule has 1 aromatic heterocycles. The lowest BCUT2D eigenvalue weighted by Crippen LogP contribution is -2.45. The maximum absolute atomic E-state index is 11.3. The maximum Gasteiger partial charge on any atom is 0.330 e. The summed E-state index contributed by atoms with van der Waals surface area (Å²) in [5, 5.41) is 9.15. The number of carboxylic acid groups (broad SMARTS) is 1. The Balaban J connectivity index is 3.31. The van der Waals surface area contributed by atoms with Crippen LogP contribution >= 0.6 is 0 Å². The normalized spacial score (nSPS) is 11.6. The number of imidazole rings is 1. The first-order chi connectivity index (χ1) is 6.58. The minimum atomic E-state index is -1.11. The summed E-state index contributed by atoms with van der Waals surface area (Å²) in [5.74, 6) is -0.968. The Morgan fingerprint density at radius 3 is 2.43 bits per heavy atom. The summed E-state index contributed by atoms with van der Waals surface area (Å²) in [6.45, 7) is 3.52. The zero-order valence-electron chi connectivity index (χ0n) is 8.28. The monoisotopic (exact) mass is 198 g/mol. The molecule has 0 radical (unpaired) electrons. The van der Waals surface area contributed by atoms with Gasteiger partial charge in [-0.1, -0.05) is 13.8 Å². The largest absolute Gasteiger partial charge is 0.479 e. The van der Waals surface area contributed by atoms with Gasteiger partial charge in [-0.2, -0.15) is 0 Å². The summed E-state index contributed by atoms with van der Waals surface area (Å²) in [4.78, 5) is 24.9. The molecule has 0 spiro atoms. The molecule has 0 saturated heterocycles. The minimum absolute atomic E-state index is 0.379. The van der Waals surface area contributed by atoms with Crippen LogP contribution in [0.15, 0.2) is 17.2 Å². The van der Waals surface area contributed by atoms with Gasteiger partial charge in [-0.05, 0) is 12.8 Å². The molecule has 0 amide bonds. The number of hydrogen-bond acceptors (Lipinski definition) is 2. The molecule has 1 aromatic rings. The zero-order chi connectivity index (χ0) is 10.8. The molecule has 1 heterocycles. The van der Waals surface area contributed by atoms with E-state index < -0.39 is 11.5 Å². The van der Waals surface area contributed by atoms with Crippen molar-refractivity contribution >= 4 is 5.97 Å². The maximum atomic E-state index is 11.3. The van der Waals surface area contributed by atoms with Gasteiger partial charge < -0.3 is 10.1 Å².